The van der Waals surface area contributed by atoms with Gasteiger partial charge in [-0.1, -0.05) is 13.8 Å². The lowest BCUT2D eigenvalue weighted by Crippen LogP contribution is -2.44. The van der Waals surface area contributed by atoms with Crippen molar-refractivity contribution in [1.29, 1.82) is 0 Å². The van der Waals surface area contributed by atoms with Gasteiger partial charge < -0.3 is 15.7 Å². The second kappa shape index (κ2) is 8.50. The van der Waals surface area contributed by atoms with E-state index in [0.717, 1.165) is 6.07 Å². The molecular formula is C15H18F3N3O5. The van der Waals surface area contributed by atoms with Crippen molar-refractivity contribution in [3.05, 3.63) is 33.9 Å². The zero-order valence-electron chi connectivity index (χ0n) is 14.0. The number of nitro groups is 1. The first-order valence-corrected chi connectivity index (χ1v) is 7.55. The molecule has 3 N–H and O–H groups in total. The van der Waals surface area contributed by atoms with Gasteiger partial charge in [0.25, 0.3) is 5.69 Å². The van der Waals surface area contributed by atoms with Gasteiger partial charge in [0.05, 0.1) is 10.5 Å². The fraction of sp³-hybridized carbons (Fsp3) is 0.467. The maximum Gasteiger partial charge on any atom is 0.416 e. The van der Waals surface area contributed by atoms with Gasteiger partial charge >= 0.3 is 12.1 Å². The second-order valence-corrected chi connectivity index (χ2v) is 5.79. The largest absolute Gasteiger partial charge is 0.480 e. The molecule has 0 aliphatic rings. The van der Waals surface area contributed by atoms with Crippen molar-refractivity contribution in [1.82, 2.24) is 5.32 Å². The van der Waals surface area contributed by atoms with Crippen molar-refractivity contribution >= 4 is 23.3 Å². The van der Waals surface area contributed by atoms with Crippen LogP contribution in [0.2, 0.25) is 0 Å². The molecule has 1 aromatic rings. The number of nitrogens with zero attached hydrogens (tertiary/aromatic N) is 1. The van der Waals surface area contributed by atoms with Gasteiger partial charge in [0.1, 0.15) is 11.7 Å². The highest BCUT2D eigenvalue weighted by Gasteiger charge is 2.33. The SMILES string of the molecule is CC(C)[C@@H](NC(=O)CCNc1ccc(C(F)(F)F)cc1[N+](=O)[O-])C(=O)O. The fourth-order valence-corrected chi connectivity index (χ4v) is 2.08. The number of carbonyl (C=O) groups is 2. The number of aliphatic carboxylic acids is 1. The van der Waals surface area contributed by atoms with Crippen LogP contribution in [0.1, 0.15) is 25.8 Å². The maximum absolute atomic E-state index is 12.6. The summed E-state index contributed by atoms with van der Waals surface area (Å²) >= 11 is 0. The second-order valence-electron chi connectivity index (χ2n) is 5.79. The Hall–Kier alpha value is -2.85. The zero-order valence-corrected chi connectivity index (χ0v) is 14.0. The molecule has 0 heterocycles. The van der Waals surface area contributed by atoms with E-state index in [1.54, 1.807) is 13.8 Å². The molecule has 0 unspecified atom stereocenters. The van der Waals surface area contributed by atoms with Crippen LogP contribution in [-0.2, 0) is 15.8 Å². The van der Waals surface area contributed by atoms with Gasteiger partial charge in [-0.15, -0.1) is 0 Å². The van der Waals surface area contributed by atoms with E-state index in [4.69, 9.17) is 5.11 Å². The summed E-state index contributed by atoms with van der Waals surface area (Å²) in [6.07, 6.45) is -4.93. The summed E-state index contributed by atoms with van der Waals surface area (Å²) in [5.41, 5.74) is -2.10. The molecule has 1 atom stereocenters. The molecule has 11 heteroatoms. The minimum atomic E-state index is -4.72. The molecular weight excluding hydrogens is 359 g/mol. The van der Waals surface area contributed by atoms with E-state index in [1.807, 2.05) is 0 Å². The summed E-state index contributed by atoms with van der Waals surface area (Å²) in [5, 5.41) is 24.8. The number of carbonyl (C=O) groups excluding carboxylic acids is 1. The van der Waals surface area contributed by atoms with E-state index < -0.39 is 40.3 Å². The van der Waals surface area contributed by atoms with Crippen LogP contribution in [0.4, 0.5) is 24.5 Å². The Labute approximate surface area is 146 Å². The lowest BCUT2D eigenvalue weighted by molar-refractivity contribution is -0.384. The molecule has 1 rings (SSSR count). The van der Waals surface area contributed by atoms with Crippen LogP contribution in [0.15, 0.2) is 18.2 Å². The maximum atomic E-state index is 12.6. The fourth-order valence-electron chi connectivity index (χ4n) is 2.08. The number of amides is 1. The van der Waals surface area contributed by atoms with Crippen LogP contribution in [0, 0.1) is 16.0 Å². The number of carboxylic acids is 1. The normalized spacial score (nSPS) is 12.5. The van der Waals surface area contributed by atoms with Crippen molar-refractivity contribution in [2.45, 2.75) is 32.5 Å². The van der Waals surface area contributed by atoms with Crippen LogP contribution in [0.5, 0.6) is 0 Å². The van der Waals surface area contributed by atoms with E-state index >= 15 is 0 Å². The lowest BCUT2D eigenvalue weighted by Gasteiger charge is -2.18. The third-order valence-corrected chi connectivity index (χ3v) is 3.44. The molecule has 0 bridgehead atoms. The number of halogens is 3. The summed E-state index contributed by atoms with van der Waals surface area (Å²) in [6, 6.07) is 0.923. The molecule has 0 spiro atoms. The summed E-state index contributed by atoms with van der Waals surface area (Å²) in [7, 11) is 0. The summed E-state index contributed by atoms with van der Waals surface area (Å²) < 4.78 is 37.9. The predicted octanol–water partition coefficient (Wildman–Crippen LogP) is 2.64. The number of hydrogen-bond donors (Lipinski definition) is 3. The number of hydrogen-bond acceptors (Lipinski definition) is 5. The summed E-state index contributed by atoms with van der Waals surface area (Å²) in [4.78, 5) is 32.8. The van der Waals surface area contributed by atoms with Crippen LogP contribution in [0.3, 0.4) is 0 Å². The third kappa shape index (κ3) is 5.90. The third-order valence-electron chi connectivity index (χ3n) is 3.44. The highest BCUT2D eigenvalue weighted by Crippen LogP contribution is 2.34. The Morgan fingerprint density at radius 3 is 2.38 bits per heavy atom. The first-order valence-electron chi connectivity index (χ1n) is 7.55. The number of carboxylic acid groups (broad SMARTS) is 1. The summed E-state index contributed by atoms with van der Waals surface area (Å²) in [6.45, 7) is 3.11. The lowest BCUT2D eigenvalue weighted by atomic mass is 10.0. The molecule has 0 saturated carbocycles. The average Bonchev–Trinajstić information content (AvgIpc) is 2.51. The molecule has 0 aliphatic heterocycles. The molecule has 144 valence electrons. The Kier molecular flexibility index (Phi) is 6.93. The minimum Gasteiger partial charge on any atom is -0.480 e. The topological polar surface area (TPSA) is 122 Å². The molecule has 0 saturated heterocycles. The Bertz CT molecular complexity index is 692. The summed E-state index contributed by atoms with van der Waals surface area (Å²) in [5.74, 6) is -2.15. The van der Waals surface area contributed by atoms with E-state index in [0.29, 0.717) is 12.1 Å². The molecule has 0 fully saturated rings. The smallest absolute Gasteiger partial charge is 0.416 e. The molecule has 0 radical (unpaired) electrons. The number of nitro benzene ring substituents is 1. The number of nitrogens with one attached hydrogen (secondary N) is 2. The molecule has 0 aromatic heterocycles. The number of benzene rings is 1. The van der Waals surface area contributed by atoms with Crippen molar-refractivity contribution in [3.8, 4) is 0 Å². The van der Waals surface area contributed by atoms with Crippen LogP contribution in [-0.4, -0.2) is 34.5 Å². The quantitative estimate of drug-likeness (QED) is 0.473. The Balaban J connectivity index is 2.74. The van der Waals surface area contributed by atoms with E-state index in [-0.39, 0.29) is 24.6 Å². The van der Waals surface area contributed by atoms with E-state index in [9.17, 15) is 32.9 Å². The van der Waals surface area contributed by atoms with Crippen LogP contribution >= 0.6 is 0 Å². The van der Waals surface area contributed by atoms with Gasteiger partial charge in [0.2, 0.25) is 5.91 Å². The van der Waals surface area contributed by atoms with Gasteiger partial charge in [0, 0.05) is 19.0 Å². The highest BCUT2D eigenvalue weighted by atomic mass is 19.4. The first kappa shape index (κ1) is 21.2. The standard InChI is InChI=1S/C15H18F3N3O5/c1-8(2)13(14(23)24)20-12(22)5-6-19-10-4-3-9(15(16,17)18)7-11(10)21(25)26/h3-4,7-8,13,19H,5-6H2,1-2H3,(H,20,22)(H,23,24)/t13-/m1/s1. The number of alkyl halides is 3. The first-order chi connectivity index (χ1) is 11.9. The van der Waals surface area contributed by atoms with Crippen molar-refractivity contribution in [3.63, 3.8) is 0 Å². The van der Waals surface area contributed by atoms with Crippen molar-refractivity contribution in [2.75, 3.05) is 11.9 Å². The average molecular weight is 377 g/mol. The highest BCUT2D eigenvalue weighted by molar-refractivity contribution is 5.84. The molecule has 1 aromatic carbocycles. The molecule has 8 nitrogen and oxygen atoms in total. The van der Waals surface area contributed by atoms with Crippen LogP contribution < -0.4 is 10.6 Å². The van der Waals surface area contributed by atoms with Crippen LogP contribution in [0.25, 0.3) is 0 Å². The van der Waals surface area contributed by atoms with Gasteiger partial charge in [-0.3, -0.25) is 14.9 Å². The van der Waals surface area contributed by atoms with E-state index in [2.05, 4.69) is 10.6 Å². The number of rotatable bonds is 8. The predicted molar refractivity (Wildman–Crippen MR) is 85.6 cm³/mol. The monoisotopic (exact) mass is 377 g/mol. The van der Waals surface area contributed by atoms with Gasteiger partial charge in [-0.25, -0.2) is 4.79 Å². The Morgan fingerprint density at radius 1 is 1.31 bits per heavy atom. The van der Waals surface area contributed by atoms with Crippen molar-refractivity contribution < 1.29 is 32.8 Å². The molecule has 0 aliphatic carbocycles. The zero-order chi connectivity index (χ0) is 20.1. The molecule has 26 heavy (non-hydrogen) atoms. The van der Waals surface area contributed by atoms with Gasteiger partial charge in [-0.05, 0) is 18.1 Å². The van der Waals surface area contributed by atoms with Gasteiger partial charge in [-0.2, -0.15) is 13.2 Å². The van der Waals surface area contributed by atoms with Gasteiger partial charge in [0.15, 0.2) is 0 Å². The molecule has 1 amide bonds. The number of anilines is 1. The Morgan fingerprint density at radius 2 is 1.92 bits per heavy atom. The van der Waals surface area contributed by atoms with Crippen molar-refractivity contribution in [2.24, 2.45) is 5.92 Å². The van der Waals surface area contributed by atoms with E-state index in [1.165, 1.54) is 0 Å². The minimum absolute atomic E-state index is 0.123.